The molecule has 0 radical (unpaired) electrons. The van der Waals surface area contributed by atoms with Crippen molar-refractivity contribution in [1.82, 2.24) is 15.2 Å². The van der Waals surface area contributed by atoms with Gasteiger partial charge in [0.1, 0.15) is 11.6 Å². The van der Waals surface area contributed by atoms with E-state index in [4.69, 9.17) is 0 Å². The molecule has 2 atom stereocenters. The largest absolute Gasteiger partial charge is 0.355 e. The van der Waals surface area contributed by atoms with E-state index in [2.05, 4.69) is 29.0 Å². The van der Waals surface area contributed by atoms with Crippen LogP contribution in [0.1, 0.15) is 39.5 Å². The number of anilines is 1. The van der Waals surface area contributed by atoms with Crippen LogP contribution in [0.3, 0.4) is 0 Å². The molecule has 0 unspecified atom stereocenters. The Labute approximate surface area is 159 Å². The summed E-state index contributed by atoms with van der Waals surface area (Å²) in [5, 5.41) is 3.78. The van der Waals surface area contributed by atoms with E-state index in [1.54, 1.807) is 17.2 Å². The fourth-order valence-corrected chi connectivity index (χ4v) is 4.70. The Kier molecular flexibility index (Phi) is 6.53. The maximum absolute atomic E-state index is 12.3. The van der Waals surface area contributed by atoms with E-state index in [0.717, 1.165) is 23.7 Å². The van der Waals surface area contributed by atoms with Gasteiger partial charge in [-0.2, -0.15) is 0 Å². The molecule has 0 aromatic carbocycles. The number of hydrogen-bond acceptors (Lipinski definition) is 5. The van der Waals surface area contributed by atoms with Crippen molar-refractivity contribution in [3.8, 4) is 0 Å². The molecule has 0 bridgehead atoms. The summed E-state index contributed by atoms with van der Waals surface area (Å²) in [4.78, 5) is 32.9. The van der Waals surface area contributed by atoms with Gasteiger partial charge in [-0.3, -0.25) is 19.4 Å². The second-order valence-electron chi connectivity index (χ2n) is 7.17. The monoisotopic (exact) mass is 376 g/mol. The minimum atomic E-state index is -0.111. The van der Waals surface area contributed by atoms with Crippen molar-refractivity contribution in [2.75, 3.05) is 30.3 Å². The number of carbonyl (C=O) groups is 2. The number of thioether (sulfide) groups is 1. The molecule has 0 spiro atoms. The highest BCUT2D eigenvalue weighted by atomic mass is 32.2. The van der Waals surface area contributed by atoms with E-state index in [0.29, 0.717) is 24.4 Å². The number of likely N-dealkylation sites (tertiary alicyclic amines) is 1. The zero-order valence-electron chi connectivity index (χ0n) is 15.6. The number of fused-ring (bicyclic) bond motifs is 1. The molecular formula is C19H28N4O2S. The molecule has 2 aliphatic heterocycles. The van der Waals surface area contributed by atoms with Gasteiger partial charge in [0.2, 0.25) is 11.8 Å². The number of carbonyl (C=O) groups excluding carboxylic acids is 2. The lowest BCUT2D eigenvalue weighted by molar-refractivity contribution is -0.123. The van der Waals surface area contributed by atoms with Crippen molar-refractivity contribution < 1.29 is 9.59 Å². The van der Waals surface area contributed by atoms with Crippen LogP contribution in [0.4, 0.5) is 5.69 Å². The third kappa shape index (κ3) is 4.57. The number of rotatable bonds is 6. The molecule has 1 N–H and O–H groups in total. The first-order valence-electron chi connectivity index (χ1n) is 9.47. The van der Waals surface area contributed by atoms with Crippen molar-refractivity contribution in [3.63, 3.8) is 0 Å². The lowest BCUT2D eigenvalue weighted by Gasteiger charge is -2.39. The molecule has 1 fully saturated rings. The van der Waals surface area contributed by atoms with Gasteiger partial charge >= 0.3 is 0 Å². The summed E-state index contributed by atoms with van der Waals surface area (Å²) in [7, 11) is 0. The van der Waals surface area contributed by atoms with Crippen LogP contribution in [0, 0.1) is 0 Å². The van der Waals surface area contributed by atoms with Crippen LogP contribution in [-0.2, 0) is 9.59 Å². The third-order valence-corrected chi connectivity index (χ3v) is 6.25. The van der Waals surface area contributed by atoms with Gasteiger partial charge in [-0.25, -0.2) is 4.98 Å². The fourth-order valence-electron chi connectivity index (χ4n) is 3.82. The van der Waals surface area contributed by atoms with Gasteiger partial charge in [0, 0.05) is 31.4 Å². The zero-order valence-corrected chi connectivity index (χ0v) is 16.4. The van der Waals surface area contributed by atoms with E-state index in [-0.39, 0.29) is 18.4 Å². The van der Waals surface area contributed by atoms with Crippen LogP contribution in [0.15, 0.2) is 23.4 Å². The molecule has 26 heavy (non-hydrogen) atoms. The van der Waals surface area contributed by atoms with Crippen molar-refractivity contribution in [2.45, 2.75) is 56.6 Å². The highest BCUT2D eigenvalue weighted by Crippen LogP contribution is 2.32. The summed E-state index contributed by atoms with van der Waals surface area (Å²) in [5.41, 5.74) is 0.736. The molecule has 2 amide bonds. The number of hydrogen-bond donors (Lipinski definition) is 1. The smallest absolute Gasteiger partial charge is 0.240 e. The molecule has 1 saturated heterocycles. The number of nitrogens with zero attached hydrogens (tertiary/aromatic N) is 3. The van der Waals surface area contributed by atoms with Gasteiger partial charge in [0.15, 0.2) is 0 Å². The van der Waals surface area contributed by atoms with E-state index in [1.807, 2.05) is 6.07 Å². The van der Waals surface area contributed by atoms with E-state index < -0.39 is 0 Å². The Morgan fingerprint density at radius 2 is 2.12 bits per heavy atom. The molecular weight excluding hydrogens is 348 g/mol. The summed E-state index contributed by atoms with van der Waals surface area (Å²) >= 11 is 1.43. The lowest BCUT2D eigenvalue weighted by atomic mass is 9.97. The van der Waals surface area contributed by atoms with Gasteiger partial charge in [0.25, 0.3) is 0 Å². The minimum absolute atomic E-state index is 0.0402. The SMILES string of the molecule is C[C@@H]1CCC[C@@H](C)N1CCCNC(=O)CN1C(=O)CSc2ncccc21. The number of amides is 2. The van der Waals surface area contributed by atoms with Crippen LogP contribution in [-0.4, -0.2) is 59.2 Å². The Bertz CT molecular complexity index is 644. The maximum Gasteiger partial charge on any atom is 0.240 e. The number of aromatic nitrogens is 1. The average molecular weight is 377 g/mol. The summed E-state index contributed by atoms with van der Waals surface area (Å²) in [6, 6.07) is 4.90. The Morgan fingerprint density at radius 3 is 2.88 bits per heavy atom. The molecule has 1 aromatic heterocycles. The highest BCUT2D eigenvalue weighted by molar-refractivity contribution is 8.00. The first-order valence-corrected chi connectivity index (χ1v) is 10.5. The molecule has 0 saturated carbocycles. The first-order chi connectivity index (χ1) is 12.6. The van der Waals surface area contributed by atoms with Gasteiger partial charge in [-0.05, 0) is 45.2 Å². The van der Waals surface area contributed by atoms with Crippen LogP contribution in [0.2, 0.25) is 0 Å². The summed E-state index contributed by atoms with van der Waals surface area (Å²) in [6.07, 6.45) is 6.48. The second-order valence-corrected chi connectivity index (χ2v) is 8.13. The number of nitrogens with one attached hydrogen (secondary N) is 1. The van der Waals surface area contributed by atoms with Crippen molar-refractivity contribution in [1.29, 1.82) is 0 Å². The molecule has 142 valence electrons. The quantitative estimate of drug-likeness (QED) is 0.772. The van der Waals surface area contributed by atoms with Crippen LogP contribution in [0.5, 0.6) is 0 Å². The summed E-state index contributed by atoms with van der Waals surface area (Å²) < 4.78 is 0. The molecule has 0 aliphatic carbocycles. The number of piperidine rings is 1. The van der Waals surface area contributed by atoms with Crippen LogP contribution >= 0.6 is 11.8 Å². The van der Waals surface area contributed by atoms with Crippen LogP contribution in [0.25, 0.3) is 0 Å². The second kappa shape index (κ2) is 8.86. The molecule has 7 heteroatoms. The minimum Gasteiger partial charge on any atom is -0.355 e. The van der Waals surface area contributed by atoms with Crippen molar-refractivity contribution in [2.24, 2.45) is 0 Å². The zero-order chi connectivity index (χ0) is 18.5. The average Bonchev–Trinajstić information content (AvgIpc) is 2.63. The van der Waals surface area contributed by atoms with E-state index >= 15 is 0 Å². The lowest BCUT2D eigenvalue weighted by Crippen LogP contribution is -2.46. The Hall–Kier alpha value is -1.60. The maximum atomic E-state index is 12.3. The topological polar surface area (TPSA) is 65.5 Å². The highest BCUT2D eigenvalue weighted by Gasteiger charge is 2.27. The fraction of sp³-hybridized carbons (Fsp3) is 0.632. The van der Waals surface area contributed by atoms with Gasteiger partial charge in [-0.15, -0.1) is 0 Å². The predicted molar refractivity (Wildman–Crippen MR) is 104 cm³/mol. The normalized spacial score (nSPS) is 23.6. The standard InChI is InChI=1S/C19H28N4O2S/c1-14-6-3-7-15(2)22(14)11-5-10-20-17(24)12-23-16-8-4-9-21-19(16)26-13-18(23)25/h4,8-9,14-15H,3,5-7,10-13H2,1-2H3,(H,20,24)/t14-,15-/m1/s1. The van der Waals surface area contributed by atoms with Gasteiger partial charge in [0.05, 0.1) is 11.4 Å². The van der Waals surface area contributed by atoms with E-state index in [1.165, 1.54) is 31.0 Å². The molecule has 2 aliphatic rings. The Balaban J connectivity index is 1.45. The molecule has 6 nitrogen and oxygen atoms in total. The van der Waals surface area contributed by atoms with Crippen molar-refractivity contribution in [3.05, 3.63) is 18.3 Å². The predicted octanol–water partition coefficient (Wildman–Crippen LogP) is 2.29. The van der Waals surface area contributed by atoms with E-state index in [9.17, 15) is 9.59 Å². The molecule has 3 rings (SSSR count). The number of pyridine rings is 1. The summed E-state index contributed by atoms with van der Waals surface area (Å²) in [5.74, 6) is 0.184. The van der Waals surface area contributed by atoms with Crippen LogP contribution < -0.4 is 10.2 Å². The Morgan fingerprint density at radius 1 is 1.35 bits per heavy atom. The molecule has 1 aromatic rings. The molecule has 3 heterocycles. The third-order valence-electron chi connectivity index (χ3n) is 5.27. The van der Waals surface area contributed by atoms with Crippen molar-refractivity contribution >= 4 is 29.3 Å². The first kappa shape index (κ1) is 19.2. The summed E-state index contributed by atoms with van der Waals surface area (Å²) in [6.45, 7) is 6.30. The van der Waals surface area contributed by atoms with Gasteiger partial charge in [-0.1, -0.05) is 18.2 Å². The van der Waals surface area contributed by atoms with Gasteiger partial charge < -0.3 is 5.32 Å².